The summed E-state index contributed by atoms with van der Waals surface area (Å²) in [6.07, 6.45) is 2.56. The van der Waals surface area contributed by atoms with Crippen LogP contribution < -0.4 is 5.73 Å². The van der Waals surface area contributed by atoms with Crippen LogP contribution in [0.25, 0.3) is 0 Å². The number of nitrogens with two attached hydrogens (primary N) is 1. The van der Waals surface area contributed by atoms with Crippen molar-refractivity contribution in [2.45, 2.75) is 12.2 Å². The summed E-state index contributed by atoms with van der Waals surface area (Å²) in [6, 6.07) is 0. The highest BCUT2D eigenvalue weighted by Crippen LogP contribution is 2.21. The molecule has 3 N–H and O–H groups in total. The topological polar surface area (TPSA) is 63.3 Å². The normalized spacial score (nSPS) is 15.2. The first-order valence-corrected chi connectivity index (χ1v) is 5.25. The average Bonchev–Trinajstić information content (AvgIpc) is 1.82. The van der Waals surface area contributed by atoms with E-state index in [-0.39, 0.29) is 0 Å². The maximum absolute atomic E-state index is 10.2. The third-order valence-corrected chi connectivity index (χ3v) is 2.37. The van der Waals surface area contributed by atoms with Gasteiger partial charge in [0, 0.05) is 6.42 Å². The standard InChI is InChI=1S/C4H10NO2PS/c1-9-3-2-4(5)8(6)7/h4H,2-3,5H2,1H3/p+1/t4-/m1/s1. The molecule has 2 atom stereocenters. The zero-order valence-electron chi connectivity index (χ0n) is 5.28. The Morgan fingerprint density at radius 1 is 1.89 bits per heavy atom. The largest absolute Gasteiger partial charge is 0.524 e. The van der Waals surface area contributed by atoms with Crippen molar-refractivity contribution in [1.82, 2.24) is 0 Å². The minimum absolute atomic E-state index is 0.535. The van der Waals surface area contributed by atoms with Crippen LogP contribution in [-0.4, -0.2) is 22.7 Å². The summed E-state index contributed by atoms with van der Waals surface area (Å²) < 4.78 is 10.2. The molecule has 0 radical (unpaired) electrons. The number of rotatable bonds is 4. The predicted octanol–water partition coefficient (Wildman–Crippen LogP) is 0.759. The minimum atomic E-state index is -2.16. The van der Waals surface area contributed by atoms with E-state index in [1.165, 1.54) is 0 Å². The molecule has 0 aliphatic rings. The monoisotopic (exact) mass is 168 g/mol. The van der Waals surface area contributed by atoms with Gasteiger partial charge in [-0.25, -0.2) is 0 Å². The highest BCUT2D eigenvalue weighted by Gasteiger charge is 2.22. The summed E-state index contributed by atoms with van der Waals surface area (Å²) in [4.78, 5) is 8.42. The maximum atomic E-state index is 10.2. The summed E-state index contributed by atoms with van der Waals surface area (Å²) >= 11 is 1.63. The Kier molecular flexibility index (Phi) is 5.39. The van der Waals surface area contributed by atoms with Crippen LogP contribution in [0.4, 0.5) is 0 Å². The molecule has 0 saturated carbocycles. The fourth-order valence-electron chi connectivity index (χ4n) is 0.349. The lowest BCUT2D eigenvalue weighted by Crippen LogP contribution is -2.15. The van der Waals surface area contributed by atoms with Crippen LogP contribution in [0.1, 0.15) is 6.42 Å². The highest BCUT2D eigenvalue weighted by atomic mass is 32.2. The minimum Gasteiger partial charge on any atom is -0.285 e. The van der Waals surface area contributed by atoms with E-state index in [9.17, 15) is 4.57 Å². The van der Waals surface area contributed by atoms with Crippen molar-refractivity contribution in [3.8, 4) is 0 Å². The lowest BCUT2D eigenvalue weighted by molar-refractivity contribution is 0.488. The van der Waals surface area contributed by atoms with Crippen molar-refractivity contribution in [2.75, 3.05) is 12.0 Å². The van der Waals surface area contributed by atoms with Gasteiger partial charge in [-0.2, -0.15) is 16.7 Å². The van der Waals surface area contributed by atoms with Crippen molar-refractivity contribution >= 4 is 19.8 Å². The van der Waals surface area contributed by atoms with Crippen LogP contribution in [0.15, 0.2) is 0 Å². The highest BCUT2D eigenvalue weighted by molar-refractivity contribution is 7.98. The van der Waals surface area contributed by atoms with Gasteiger partial charge in [-0.15, -0.1) is 0 Å². The molecule has 0 aromatic carbocycles. The molecule has 5 heteroatoms. The third-order valence-electron chi connectivity index (χ3n) is 0.901. The molecule has 0 amide bonds. The molecule has 0 fully saturated rings. The van der Waals surface area contributed by atoms with E-state index in [1.807, 2.05) is 6.26 Å². The second kappa shape index (κ2) is 5.18. The molecule has 0 aromatic rings. The number of hydrogen-bond donors (Lipinski definition) is 2. The molecule has 0 bridgehead atoms. The van der Waals surface area contributed by atoms with Gasteiger partial charge in [-0.05, 0) is 16.6 Å². The van der Waals surface area contributed by atoms with Gasteiger partial charge in [0.15, 0.2) is 0 Å². The fourth-order valence-corrected chi connectivity index (χ4v) is 1.36. The Morgan fingerprint density at radius 2 is 2.44 bits per heavy atom. The summed E-state index contributed by atoms with van der Waals surface area (Å²) in [5.41, 5.74) is 5.26. The van der Waals surface area contributed by atoms with E-state index in [4.69, 9.17) is 10.6 Å². The molecule has 9 heavy (non-hydrogen) atoms. The Hall–Kier alpha value is 0.370. The van der Waals surface area contributed by atoms with Crippen molar-refractivity contribution in [3.05, 3.63) is 0 Å². The Bertz CT molecular complexity index is 101. The smallest absolute Gasteiger partial charge is 0.285 e. The average molecular weight is 168 g/mol. The van der Waals surface area contributed by atoms with Crippen LogP contribution in [0, 0.1) is 0 Å². The van der Waals surface area contributed by atoms with Gasteiger partial charge in [0.25, 0.3) is 0 Å². The van der Waals surface area contributed by atoms with Crippen molar-refractivity contribution in [3.63, 3.8) is 0 Å². The van der Waals surface area contributed by atoms with Crippen LogP contribution in [0.2, 0.25) is 0 Å². The lowest BCUT2D eigenvalue weighted by atomic mass is 10.5. The molecular formula is C4H11NO2PS+. The molecule has 0 saturated heterocycles. The Labute approximate surface area is 59.9 Å². The van der Waals surface area contributed by atoms with Crippen molar-refractivity contribution in [2.24, 2.45) is 5.73 Å². The summed E-state index contributed by atoms with van der Waals surface area (Å²) in [5.74, 6) is 0.315. The molecule has 0 aliphatic carbocycles. The van der Waals surface area contributed by atoms with E-state index in [0.29, 0.717) is 6.42 Å². The number of thioether (sulfide) groups is 1. The van der Waals surface area contributed by atoms with Gasteiger partial charge < -0.3 is 0 Å². The zero-order chi connectivity index (χ0) is 7.28. The first-order chi connectivity index (χ1) is 4.18. The second-order valence-electron chi connectivity index (χ2n) is 1.65. The molecule has 0 heterocycles. The zero-order valence-corrected chi connectivity index (χ0v) is 6.99. The van der Waals surface area contributed by atoms with Crippen molar-refractivity contribution < 1.29 is 9.46 Å². The Balaban J connectivity index is 3.27. The van der Waals surface area contributed by atoms with E-state index in [0.717, 1.165) is 5.75 Å². The molecule has 0 aromatic heterocycles. The van der Waals surface area contributed by atoms with Gasteiger partial charge in [0.2, 0.25) is 5.78 Å². The maximum Gasteiger partial charge on any atom is 0.524 e. The van der Waals surface area contributed by atoms with Crippen LogP contribution in [0.5, 0.6) is 0 Å². The quantitative estimate of drug-likeness (QED) is 0.608. The van der Waals surface area contributed by atoms with Crippen LogP contribution >= 0.6 is 19.8 Å². The molecule has 1 unspecified atom stereocenters. The lowest BCUT2D eigenvalue weighted by Gasteiger charge is -1.93. The summed E-state index contributed by atoms with van der Waals surface area (Å²) in [6.45, 7) is 0. The third kappa shape index (κ3) is 4.85. The Morgan fingerprint density at radius 3 is 2.78 bits per heavy atom. The number of hydrogen-bond acceptors (Lipinski definition) is 3. The van der Waals surface area contributed by atoms with E-state index >= 15 is 0 Å². The predicted molar refractivity (Wildman–Crippen MR) is 40.8 cm³/mol. The molecule has 3 nitrogen and oxygen atoms in total. The summed E-state index contributed by atoms with van der Waals surface area (Å²) in [5, 5.41) is 0. The van der Waals surface area contributed by atoms with Crippen LogP contribution in [-0.2, 0) is 4.57 Å². The van der Waals surface area contributed by atoms with Gasteiger partial charge in [0.05, 0.1) is 0 Å². The van der Waals surface area contributed by atoms with Crippen molar-refractivity contribution in [1.29, 1.82) is 0 Å². The SMILES string of the molecule is CSCC[C@H](N)[P+](=O)O. The van der Waals surface area contributed by atoms with Gasteiger partial charge in [-0.3, -0.25) is 5.73 Å². The van der Waals surface area contributed by atoms with Gasteiger partial charge in [0.1, 0.15) is 0 Å². The van der Waals surface area contributed by atoms with Gasteiger partial charge in [-0.1, -0.05) is 0 Å². The van der Waals surface area contributed by atoms with Gasteiger partial charge >= 0.3 is 8.03 Å². The van der Waals surface area contributed by atoms with E-state index < -0.39 is 13.8 Å². The molecular weight excluding hydrogens is 157 g/mol. The summed E-state index contributed by atoms with van der Waals surface area (Å²) in [7, 11) is -2.16. The first-order valence-electron chi connectivity index (χ1n) is 2.58. The fraction of sp³-hybridized carbons (Fsp3) is 1.00. The molecule has 0 spiro atoms. The van der Waals surface area contributed by atoms with Crippen LogP contribution in [0.3, 0.4) is 0 Å². The molecule has 0 aliphatic heterocycles. The van der Waals surface area contributed by atoms with E-state index in [1.54, 1.807) is 11.8 Å². The van der Waals surface area contributed by atoms with E-state index in [2.05, 4.69) is 0 Å². The molecule has 54 valence electrons. The molecule has 0 rings (SSSR count). The first kappa shape index (κ1) is 9.37. The second-order valence-corrected chi connectivity index (χ2v) is 3.91.